The Morgan fingerprint density at radius 2 is 2.14 bits per heavy atom. The quantitative estimate of drug-likeness (QED) is 0.844. The Kier molecular flexibility index (Phi) is 4.24. The summed E-state index contributed by atoms with van der Waals surface area (Å²) in [6.07, 6.45) is 2.08. The Bertz CT molecular complexity index is 570. The zero-order valence-corrected chi connectivity index (χ0v) is 12.5. The fraction of sp³-hybridized carbons (Fsp3) is 0.600. The van der Waals surface area contributed by atoms with E-state index >= 15 is 0 Å². The lowest BCUT2D eigenvalue weighted by atomic mass is 9.97. The van der Waals surface area contributed by atoms with Crippen molar-refractivity contribution in [3.8, 4) is 5.95 Å². The first-order valence-electron chi connectivity index (χ1n) is 7.48. The molecule has 2 aromatic heterocycles. The van der Waals surface area contributed by atoms with Gasteiger partial charge in [-0.1, -0.05) is 5.16 Å². The molecule has 6 nitrogen and oxygen atoms in total. The molecule has 1 saturated heterocycles. The number of hydrogen-bond acceptors (Lipinski definition) is 6. The second-order valence-corrected chi connectivity index (χ2v) is 5.38. The third-order valence-corrected chi connectivity index (χ3v) is 3.78. The van der Waals surface area contributed by atoms with E-state index in [-0.39, 0.29) is 0 Å². The number of likely N-dealkylation sites (tertiary alicyclic amines) is 1. The van der Waals surface area contributed by atoms with Gasteiger partial charge in [-0.15, -0.1) is 0 Å². The van der Waals surface area contributed by atoms with Gasteiger partial charge in [-0.05, 0) is 45.8 Å². The smallest absolute Gasteiger partial charge is 0.284 e. The summed E-state index contributed by atoms with van der Waals surface area (Å²) in [5, 5.41) is 3.87. The lowest BCUT2D eigenvalue weighted by Gasteiger charge is -2.29. The van der Waals surface area contributed by atoms with E-state index in [2.05, 4.69) is 15.0 Å². The highest BCUT2D eigenvalue weighted by Crippen LogP contribution is 2.28. The molecule has 2 aromatic rings. The molecule has 0 aromatic carbocycles. The molecule has 6 heteroatoms. The molecule has 0 aliphatic carbocycles. The van der Waals surface area contributed by atoms with Crippen molar-refractivity contribution in [3.05, 3.63) is 29.6 Å². The van der Waals surface area contributed by atoms with Crippen molar-refractivity contribution in [3.63, 3.8) is 0 Å². The molecule has 1 fully saturated rings. The number of rotatable bonds is 5. The number of piperidine rings is 1. The molecule has 0 radical (unpaired) electrons. The minimum absolute atomic E-state index is 0.387. The van der Waals surface area contributed by atoms with Crippen LogP contribution >= 0.6 is 0 Å². The van der Waals surface area contributed by atoms with Gasteiger partial charge in [0.1, 0.15) is 5.76 Å². The van der Waals surface area contributed by atoms with Crippen LogP contribution in [0.5, 0.6) is 5.95 Å². The number of furan rings is 1. The fourth-order valence-electron chi connectivity index (χ4n) is 2.70. The molecule has 0 spiro atoms. The van der Waals surface area contributed by atoms with E-state index in [1.165, 1.54) is 0 Å². The van der Waals surface area contributed by atoms with Crippen LogP contribution in [0.1, 0.15) is 43.2 Å². The summed E-state index contributed by atoms with van der Waals surface area (Å²) in [5.41, 5.74) is 0. The van der Waals surface area contributed by atoms with Crippen molar-refractivity contribution in [2.75, 3.05) is 19.7 Å². The second kappa shape index (κ2) is 6.30. The van der Waals surface area contributed by atoms with Crippen molar-refractivity contribution >= 4 is 0 Å². The average Bonchev–Trinajstić information content (AvgIpc) is 3.10. The van der Waals surface area contributed by atoms with Crippen LogP contribution in [-0.4, -0.2) is 34.7 Å². The highest BCUT2D eigenvalue weighted by atomic mass is 16.6. The number of ether oxygens (including phenoxy) is 1. The van der Waals surface area contributed by atoms with Crippen LogP contribution in [-0.2, 0) is 6.54 Å². The molecule has 0 saturated carbocycles. The minimum Gasteiger partial charge on any atom is -0.465 e. The molecule has 114 valence electrons. The van der Waals surface area contributed by atoms with Crippen molar-refractivity contribution in [1.82, 2.24) is 15.0 Å². The van der Waals surface area contributed by atoms with E-state index < -0.39 is 0 Å². The summed E-state index contributed by atoms with van der Waals surface area (Å²) in [6.45, 7) is 7.28. The van der Waals surface area contributed by atoms with Gasteiger partial charge in [-0.3, -0.25) is 4.90 Å². The number of nitrogens with zero attached hydrogens (tertiary/aromatic N) is 3. The van der Waals surface area contributed by atoms with Crippen molar-refractivity contribution < 1.29 is 13.7 Å². The van der Waals surface area contributed by atoms with Gasteiger partial charge < -0.3 is 13.7 Å². The molecule has 0 amide bonds. The third-order valence-electron chi connectivity index (χ3n) is 3.78. The number of aromatic nitrogens is 2. The van der Waals surface area contributed by atoms with E-state index in [1.807, 2.05) is 26.0 Å². The van der Waals surface area contributed by atoms with Gasteiger partial charge in [-0.25, -0.2) is 0 Å². The Morgan fingerprint density at radius 3 is 2.81 bits per heavy atom. The van der Waals surface area contributed by atoms with Crippen LogP contribution in [0.25, 0.3) is 0 Å². The molecule has 21 heavy (non-hydrogen) atoms. The predicted molar refractivity (Wildman–Crippen MR) is 76.2 cm³/mol. The van der Waals surface area contributed by atoms with Gasteiger partial charge >= 0.3 is 0 Å². The van der Waals surface area contributed by atoms with Crippen LogP contribution in [0.3, 0.4) is 0 Å². The Balaban J connectivity index is 1.51. The summed E-state index contributed by atoms with van der Waals surface area (Å²) in [5.74, 6) is 3.43. The maximum absolute atomic E-state index is 5.64. The zero-order valence-electron chi connectivity index (χ0n) is 12.5. The van der Waals surface area contributed by atoms with Gasteiger partial charge in [-0.2, -0.15) is 4.98 Å². The van der Waals surface area contributed by atoms with E-state index in [1.54, 1.807) is 0 Å². The van der Waals surface area contributed by atoms with Crippen LogP contribution in [0.2, 0.25) is 0 Å². The lowest BCUT2D eigenvalue weighted by Crippen LogP contribution is -2.32. The normalized spacial score (nSPS) is 17.2. The maximum atomic E-state index is 5.64. The molecule has 0 unspecified atom stereocenters. The third kappa shape index (κ3) is 3.44. The van der Waals surface area contributed by atoms with Crippen molar-refractivity contribution in [2.24, 2.45) is 0 Å². The van der Waals surface area contributed by atoms with Crippen molar-refractivity contribution in [1.29, 1.82) is 0 Å². The first-order valence-corrected chi connectivity index (χ1v) is 7.48. The van der Waals surface area contributed by atoms with Crippen LogP contribution in [0.15, 0.2) is 21.1 Å². The van der Waals surface area contributed by atoms with Crippen LogP contribution in [0, 0.1) is 6.92 Å². The van der Waals surface area contributed by atoms with E-state index in [4.69, 9.17) is 13.7 Å². The monoisotopic (exact) mass is 291 g/mol. The molecule has 3 rings (SSSR count). The molecule has 0 bridgehead atoms. The van der Waals surface area contributed by atoms with Gasteiger partial charge in [0, 0.05) is 12.0 Å². The Labute approximate surface area is 124 Å². The zero-order chi connectivity index (χ0) is 14.7. The van der Waals surface area contributed by atoms with Crippen molar-refractivity contribution in [2.45, 2.75) is 39.2 Å². The largest absolute Gasteiger partial charge is 0.465 e. The summed E-state index contributed by atoms with van der Waals surface area (Å²) < 4.78 is 16.2. The maximum Gasteiger partial charge on any atom is 0.284 e. The van der Waals surface area contributed by atoms with Gasteiger partial charge in [0.2, 0.25) is 5.89 Å². The Morgan fingerprint density at radius 1 is 1.33 bits per heavy atom. The van der Waals surface area contributed by atoms with Crippen LogP contribution < -0.4 is 4.74 Å². The molecule has 3 heterocycles. The first kappa shape index (κ1) is 14.1. The highest BCUT2D eigenvalue weighted by Gasteiger charge is 2.25. The first-order chi connectivity index (χ1) is 10.2. The predicted octanol–water partition coefficient (Wildman–Crippen LogP) is 2.75. The minimum atomic E-state index is 0.387. The van der Waals surface area contributed by atoms with Crippen LogP contribution in [0.4, 0.5) is 0 Å². The van der Waals surface area contributed by atoms with E-state index in [0.717, 1.165) is 44.1 Å². The molecule has 1 aliphatic rings. The lowest BCUT2D eigenvalue weighted by molar-refractivity contribution is 0.169. The highest BCUT2D eigenvalue weighted by molar-refractivity contribution is 5.12. The second-order valence-electron chi connectivity index (χ2n) is 5.38. The van der Waals surface area contributed by atoms with E-state index in [0.29, 0.717) is 24.3 Å². The molecular formula is C15H21N3O3. The molecule has 0 atom stereocenters. The fourth-order valence-corrected chi connectivity index (χ4v) is 2.70. The van der Waals surface area contributed by atoms with E-state index in [9.17, 15) is 0 Å². The summed E-state index contributed by atoms with van der Waals surface area (Å²) in [7, 11) is 0. The molecule has 1 aliphatic heterocycles. The average molecular weight is 291 g/mol. The molecular weight excluding hydrogens is 270 g/mol. The topological polar surface area (TPSA) is 64.5 Å². The SMILES string of the molecule is CCOc1ccc(CN2CCC(c3nc(C)no3)CC2)o1. The number of aryl methyl sites for hydroxylation is 1. The standard InChI is InChI=1S/C15H21N3O3/c1-3-19-14-5-4-13(20-14)10-18-8-6-12(7-9-18)15-16-11(2)17-21-15/h4-5,12H,3,6-10H2,1-2H3. The summed E-state index contributed by atoms with van der Waals surface area (Å²) >= 11 is 0. The molecule has 0 N–H and O–H groups in total. The Hall–Kier alpha value is -1.82. The van der Waals surface area contributed by atoms with Gasteiger partial charge in [0.25, 0.3) is 5.95 Å². The number of hydrogen-bond donors (Lipinski definition) is 0. The summed E-state index contributed by atoms with van der Waals surface area (Å²) in [6, 6.07) is 3.87. The van der Waals surface area contributed by atoms with Gasteiger partial charge in [0.05, 0.1) is 13.2 Å². The summed E-state index contributed by atoms with van der Waals surface area (Å²) in [4.78, 5) is 6.72. The van der Waals surface area contributed by atoms with Gasteiger partial charge in [0.15, 0.2) is 5.82 Å².